The fourth-order valence-electron chi connectivity index (χ4n) is 2.72. The van der Waals surface area contributed by atoms with Crippen molar-refractivity contribution in [3.05, 3.63) is 52.3 Å². The molecule has 0 amide bonds. The molecule has 1 aromatic carbocycles. The van der Waals surface area contributed by atoms with Crippen molar-refractivity contribution in [3.8, 4) is 0 Å². The van der Waals surface area contributed by atoms with Crippen molar-refractivity contribution in [3.63, 3.8) is 0 Å². The fraction of sp³-hybridized carbons (Fsp3) is 0.316. The Hall–Kier alpha value is -3.13. The monoisotopic (exact) mass is 374 g/mol. The number of aryl methyl sites for hydroxylation is 1. The second-order valence-corrected chi connectivity index (χ2v) is 5.81. The van der Waals surface area contributed by atoms with E-state index in [1.165, 1.54) is 7.11 Å². The van der Waals surface area contributed by atoms with Crippen molar-refractivity contribution in [1.82, 2.24) is 4.98 Å². The Morgan fingerprint density at radius 2 is 1.85 bits per heavy atom. The van der Waals surface area contributed by atoms with Gasteiger partial charge in [-0.1, -0.05) is 12.1 Å². The first kappa shape index (κ1) is 20.2. The number of carbonyl (C=O) groups is 3. The minimum Gasteiger partial charge on any atom is -0.465 e. The number of hydrogen-bond donors (Lipinski definition) is 3. The summed E-state index contributed by atoms with van der Waals surface area (Å²) in [5.74, 6) is -1.67. The lowest BCUT2D eigenvalue weighted by atomic mass is 10.1. The van der Waals surface area contributed by atoms with Gasteiger partial charge in [-0.3, -0.25) is 4.79 Å². The van der Waals surface area contributed by atoms with E-state index in [2.05, 4.69) is 10.3 Å². The van der Waals surface area contributed by atoms with Crippen LogP contribution in [0.15, 0.2) is 24.3 Å². The highest BCUT2D eigenvalue weighted by molar-refractivity contribution is 6.03. The molecule has 0 aliphatic rings. The highest BCUT2D eigenvalue weighted by Crippen LogP contribution is 2.20. The number of esters is 2. The zero-order chi connectivity index (χ0) is 20.0. The molecular formula is C19H22N2O6. The van der Waals surface area contributed by atoms with E-state index in [9.17, 15) is 14.4 Å². The molecule has 8 nitrogen and oxygen atoms in total. The summed E-state index contributed by atoms with van der Waals surface area (Å²) >= 11 is 0. The van der Waals surface area contributed by atoms with Crippen molar-refractivity contribution in [2.75, 3.05) is 32.2 Å². The van der Waals surface area contributed by atoms with E-state index in [1.54, 1.807) is 38.1 Å². The Balaban J connectivity index is 2.10. The average molecular weight is 374 g/mol. The standard InChI is InChI=1S/C19H22N2O6/c1-11-16(19(25)26-3)12(2)21-17(11)15(23)10-27-18(24)13-6-4-5-7-14(13)20-8-9-22/h4-7,20-22H,8-10H2,1-3H3. The molecule has 0 saturated carbocycles. The number of Topliss-reactive ketones (excluding diaryl/α,β-unsaturated/α-hetero) is 1. The van der Waals surface area contributed by atoms with Crippen LogP contribution in [-0.4, -0.2) is 54.7 Å². The number of benzene rings is 1. The molecule has 1 aromatic heterocycles. The molecule has 0 fully saturated rings. The molecule has 0 saturated heterocycles. The number of nitrogens with one attached hydrogen (secondary N) is 2. The predicted molar refractivity (Wildman–Crippen MR) is 98.2 cm³/mol. The van der Waals surface area contributed by atoms with Crippen molar-refractivity contribution in [2.45, 2.75) is 13.8 Å². The maximum Gasteiger partial charge on any atom is 0.340 e. The third-order valence-electron chi connectivity index (χ3n) is 4.01. The summed E-state index contributed by atoms with van der Waals surface area (Å²) in [5.41, 5.74) is 2.22. The van der Waals surface area contributed by atoms with E-state index in [4.69, 9.17) is 14.6 Å². The zero-order valence-electron chi connectivity index (χ0n) is 15.4. The van der Waals surface area contributed by atoms with Crippen LogP contribution in [0.25, 0.3) is 0 Å². The maximum absolute atomic E-state index is 12.4. The molecule has 2 rings (SSSR count). The van der Waals surface area contributed by atoms with Crippen molar-refractivity contribution in [2.24, 2.45) is 0 Å². The average Bonchev–Trinajstić information content (AvgIpc) is 2.98. The van der Waals surface area contributed by atoms with E-state index >= 15 is 0 Å². The van der Waals surface area contributed by atoms with Crippen LogP contribution in [0, 0.1) is 13.8 Å². The van der Waals surface area contributed by atoms with Crippen molar-refractivity contribution < 1.29 is 29.0 Å². The third kappa shape index (κ3) is 4.53. The molecule has 0 aliphatic heterocycles. The topological polar surface area (TPSA) is 118 Å². The smallest absolute Gasteiger partial charge is 0.340 e. The molecule has 0 atom stereocenters. The highest BCUT2D eigenvalue weighted by Gasteiger charge is 2.23. The van der Waals surface area contributed by atoms with Gasteiger partial charge in [0.1, 0.15) is 0 Å². The van der Waals surface area contributed by atoms with E-state index in [-0.39, 0.29) is 24.4 Å². The summed E-state index contributed by atoms with van der Waals surface area (Å²) in [6.45, 7) is 2.99. The Bertz CT molecular complexity index is 856. The van der Waals surface area contributed by atoms with E-state index in [0.717, 1.165) is 0 Å². The number of rotatable bonds is 8. The van der Waals surface area contributed by atoms with Gasteiger partial charge in [-0.2, -0.15) is 0 Å². The van der Waals surface area contributed by atoms with Crippen LogP contribution in [0.4, 0.5) is 5.69 Å². The van der Waals surface area contributed by atoms with E-state index < -0.39 is 24.3 Å². The summed E-state index contributed by atoms with van der Waals surface area (Å²) in [5, 5.41) is 11.8. The number of aliphatic hydroxyl groups excluding tert-OH is 1. The molecule has 0 spiro atoms. The van der Waals surface area contributed by atoms with Crippen LogP contribution in [0.1, 0.15) is 42.5 Å². The normalized spacial score (nSPS) is 10.4. The van der Waals surface area contributed by atoms with Gasteiger partial charge in [-0.05, 0) is 31.5 Å². The number of ether oxygens (including phenoxy) is 2. The lowest BCUT2D eigenvalue weighted by Crippen LogP contribution is -2.17. The number of aliphatic hydroxyl groups is 1. The second kappa shape index (κ2) is 9.00. The number of para-hydroxylation sites is 1. The Kier molecular flexibility index (Phi) is 6.73. The predicted octanol–water partition coefficient (Wildman–Crippen LogP) is 1.86. The van der Waals surface area contributed by atoms with Crippen molar-refractivity contribution in [1.29, 1.82) is 0 Å². The third-order valence-corrected chi connectivity index (χ3v) is 4.01. The minimum absolute atomic E-state index is 0.0875. The molecule has 0 unspecified atom stereocenters. The number of anilines is 1. The Labute approximate surface area is 156 Å². The van der Waals surface area contributed by atoms with E-state index in [1.807, 2.05) is 0 Å². The van der Waals surface area contributed by atoms with Gasteiger partial charge in [0.15, 0.2) is 6.61 Å². The second-order valence-electron chi connectivity index (χ2n) is 5.81. The van der Waals surface area contributed by atoms with Crippen molar-refractivity contribution >= 4 is 23.4 Å². The van der Waals surface area contributed by atoms with Crippen LogP contribution in [0.3, 0.4) is 0 Å². The zero-order valence-corrected chi connectivity index (χ0v) is 15.4. The number of hydrogen-bond acceptors (Lipinski definition) is 7. The lowest BCUT2D eigenvalue weighted by molar-refractivity contribution is 0.0474. The summed E-state index contributed by atoms with van der Waals surface area (Å²) < 4.78 is 9.84. The van der Waals surface area contributed by atoms with Gasteiger partial charge in [0, 0.05) is 17.9 Å². The van der Waals surface area contributed by atoms with Gasteiger partial charge in [0.25, 0.3) is 0 Å². The largest absolute Gasteiger partial charge is 0.465 e. The first-order valence-corrected chi connectivity index (χ1v) is 8.32. The number of aromatic amines is 1. The number of methoxy groups -OCH3 is 1. The maximum atomic E-state index is 12.4. The molecular weight excluding hydrogens is 352 g/mol. The van der Waals surface area contributed by atoms with Gasteiger partial charge in [-0.15, -0.1) is 0 Å². The Morgan fingerprint density at radius 3 is 2.52 bits per heavy atom. The quantitative estimate of drug-likeness (QED) is 0.477. The Morgan fingerprint density at radius 1 is 1.15 bits per heavy atom. The van der Waals surface area contributed by atoms with Gasteiger partial charge in [-0.25, -0.2) is 9.59 Å². The number of carbonyl (C=O) groups excluding carboxylic acids is 3. The van der Waals surface area contributed by atoms with Crippen LogP contribution < -0.4 is 5.32 Å². The molecule has 144 valence electrons. The molecule has 3 N–H and O–H groups in total. The molecule has 0 radical (unpaired) electrons. The fourth-order valence-corrected chi connectivity index (χ4v) is 2.72. The van der Waals surface area contributed by atoms with Gasteiger partial charge in [0.2, 0.25) is 5.78 Å². The van der Waals surface area contributed by atoms with Gasteiger partial charge >= 0.3 is 11.9 Å². The van der Waals surface area contributed by atoms with Crippen LogP contribution in [-0.2, 0) is 9.47 Å². The highest BCUT2D eigenvalue weighted by atomic mass is 16.5. The van der Waals surface area contributed by atoms with Crippen LogP contribution in [0.2, 0.25) is 0 Å². The molecule has 8 heteroatoms. The summed E-state index contributed by atoms with van der Waals surface area (Å²) in [6, 6.07) is 6.64. The van der Waals surface area contributed by atoms with Crippen LogP contribution in [0.5, 0.6) is 0 Å². The molecule has 0 bridgehead atoms. The molecule has 0 aliphatic carbocycles. The summed E-state index contributed by atoms with van der Waals surface area (Å²) in [6.07, 6.45) is 0. The van der Waals surface area contributed by atoms with Crippen LogP contribution >= 0.6 is 0 Å². The number of aromatic nitrogens is 1. The first-order chi connectivity index (χ1) is 12.9. The van der Waals surface area contributed by atoms with E-state index in [0.29, 0.717) is 22.5 Å². The lowest BCUT2D eigenvalue weighted by Gasteiger charge is -2.10. The first-order valence-electron chi connectivity index (χ1n) is 8.32. The molecule has 2 aromatic rings. The van der Waals surface area contributed by atoms with Gasteiger partial charge < -0.3 is 24.9 Å². The number of H-pyrrole nitrogens is 1. The molecule has 27 heavy (non-hydrogen) atoms. The molecule has 1 heterocycles. The summed E-state index contributed by atoms with van der Waals surface area (Å²) in [4.78, 5) is 39.4. The summed E-state index contributed by atoms with van der Waals surface area (Å²) in [7, 11) is 1.26. The SMILES string of the molecule is COC(=O)c1c(C)[nH]c(C(=O)COC(=O)c2ccccc2NCCO)c1C. The minimum atomic E-state index is -0.668. The van der Waals surface area contributed by atoms with Gasteiger partial charge in [0.05, 0.1) is 30.5 Å². The number of ketones is 1.